The summed E-state index contributed by atoms with van der Waals surface area (Å²) in [5.74, 6) is 0. The first kappa shape index (κ1) is 22.1. The summed E-state index contributed by atoms with van der Waals surface area (Å²) in [6.45, 7) is 20.5. The Bertz CT molecular complexity index is 1300. The first-order valence-corrected chi connectivity index (χ1v) is 12.2. The molecule has 4 heteroatoms. The fourth-order valence-electron chi connectivity index (χ4n) is 5.86. The molecular formula is C29H38N4. The van der Waals surface area contributed by atoms with Crippen LogP contribution in [0.25, 0.3) is 11.6 Å². The minimum absolute atomic E-state index is 0.0130. The van der Waals surface area contributed by atoms with Crippen LogP contribution in [0.15, 0.2) is 28.2 Å². The summed E-state index contributed by atoms with van der Waals surface area (Å²) in [5, 5.41) is 3.75. The number of fused-ring (bicyclic) bond motifs is 7. The Morgan fingerprint density at radius 2 is 1.42 bits per heavy atom. The van der Waals surface area contributed by atoms with Crippen LogP contribution in [0.2, 0.25) is 0 Å². The van der Waals surface area contributed by atoms with Gasteiger partial charge >= 0.3 is 0 Å². The van der Waals surface area contributed by atoms with Gasteiger partial charge in [-0.2, -0.15) is 0 Å². The summed E-state index contributed by atoms with van der Waals surface area (Å²) in [6.07, 6.45) is 7.47. The Balaban J connectivity index is 1.77. The topological polar surface area (TPSA) is 56.0 Å². The van der Waals surface area contributed by atoms with E-state index in [0.717, 1.165) is 19.3 Å². The van der Waals surface area contributed by atoms with Crippen molar-refractivity contribution in [3.8, 4) is 0 Å². The molecule has 4 nitrogen and oxygen atoms in total. The van der Waals surface area contributed by atoms with Crippen LogP contribution in [0.5, 0.6) is 0 Å². The van der Waals surface area contributed by atoms with Gasteiger partial charge in [0.2, 0.25) is 0 Å². The highest BCUT2D eigenvalue weighted by Crippen LogP contribution is 2.45. The van der Waals surface area contributed by atoms with E-state index in [1.54, 1.807) is 0 Å². The third kappa shape index (κ3) is 3.46. The van der Waals surface area contributed by atoms with Crippen LogP contribution in [-0.4, -0.2) is 15.7 Å². The van der Waals surface area contributed by atoms with Gasteiger partial charge < -0.3 is 15.3 Å². The van der Waals surface area contributed by atoms with Crippen molar-refractivity contribution in [3.05, 3.63) is 68.2 Å². The van der Waals surface area contributed by atoms with E-state index in [9.17, 15) is 0 Å². The molecular weight excluding hydrogens is 404 g/mol. The van der Waals surface area contributed by atoms with Gasteiger partial charge in [-0.15, -0.1) is 0 Å². The highest BCUT2D eigenvalue weighted by Gasteiger charge is 2.37. The van der Waals surface area contributed by atoms with E-state index in [1.807, 2.05) is 0 Å². The van der Waals surface area contributed by atoms with Crippen LogP contribution < -0.4 is 5.32 Å². The van der Waals surface area contributed by atoms with Crippen molar-refractivity contribution in [2.75, 3.05) is 0 Å². The van der Waals surface area contributed by atoms with Crippen molar-refractivity contribution < 1.29 is 0 Å². The fraction of sp³-hybridized carbons (Fsp3) is 0.483. The number of allylic oxidation sites excluding steroid dienone is 5. The second-order valence-electron chi connectivity index (χ2n) is 11.7. The zero-order valence-electron chi connectivity index (χ0n) is 21.7. The van der Waals surface area contributed by atoms with Crippen LogP contribution in [-0.2, 0) is 6.42 Å². The Morgan fingerprint density at radius 3 is 2.15 bits per heavy atom. The Morgan fingerprint density at radius 1 is 0.758 bits per heavy atom. The quantitative estimate of drug-likeness (QED) is 0.403. The third-order valence-electron chi connectivity index (χ3n) is 8.26. The van der Waals surface area contributed by atoms with E-state index < -0.39 is 0 Å². The minimum atomic E-state index is 0.0130. The van der Waals surface area contributed by atoms with Crippen LogP contribution in [0.4, 0.5) is 0 Å². The number of aliphatic imine (C=N–C) groups is 1. The number of hydrogen-bond donors (Lipinski definition) is 3. The van der Waals surface area contributed by atoms with Crippen molar-refractivity contribution in [2.45, 2.75) is 81.6 Å². The normalized spacial score (nSPS) is 26.4. The molecule has 0 amide bonds. The van der Waals surface area contributed by atoms with E-state index in [4.69, 9.17) is 4.99 Å². The SMILES string of the molecule is C/C1=C2N=C(/C=C3\N/C(=C\c4[nH]c(c(C)c4C)Cc4[nH]c1c(C)c4C)CC3(C)C)CC/2(C)C. The predicted octanol–water partition coefficient (Wildman–Crippen LogP) is 7.03. The summed E-state index contributed by atoms with van der Waals surface area (Å²) in [4.78, 5) is 12.8. The van der Waals surface area contributed by atoms with Gasteiger partial charge in [0, 0.05) is 63.6 Å². The molecule has 3 N–H and O–H groups in total. The van der Waals surface area contributed by atoms with Gasteiger partial charge in [-0.25, -0.2) is 0 Å². The second-order valence-corrected chi connectivity index (χ2v) is 11.7. The lowest BCUT2D eigenvalue weighted by Crippen LogP contribution is -2.16. The Kier molecular flexibility index (Phi) is 4.76. The van der Waals surface area contributed by atoms with Crippen molar-refractivity contribution in [3.63, 3.8) is 0 Å². The summed E-state index contributed by atoms with van der Waals surface area (Å²) in [5.41, 5.74) is 16.7. The van der Waals surface area contributed by atoms with Gasteiger partial charge in [0.1, 0.15) is 0 Å². The zero-order chi connectivity index (χ0) is 23.9. The summed E-state index contributed by atoms with van der Waals surface area (Å²) in [7, 11) is 0. The van der Waals surface area contributed by atoms with E-state index in [1.165, 1.54) is 73.4 Å². The first-order chi connectivity index (χ1) is 15.4. The summed E-state index contributed by atoms with van der Waals surface area (Å²) < 4.78 is 0. The standard InChI is InChI=1S/C29H38N4/c1-15-16(2)23-12-24-17(3)18(4)26(33-24)19(5)27-29(8,9)14-21(31-27)11-25-28(6,7)13-20(30-25)10-22(15)32-23/h10-11,30,32-33H,12-14H2,1-9H3/b20-10-,25-11-,27-19-. The molecule has 8 bridgehead atoms. The molecule has 0 spiro atoms. The largest absolute Gasteiger partial charge is 0.362 e. The molecule has 2 aromatic heterocycles. The van der Waals surface area contributed by atoms with Gasteiger partial charge in [-0.3, -0.25) is 4.99 Å². The number of hydrogen-bond acceptors (Lipinski definition) is 2. The lowest BCUT2D eigenvalue weighted by molar-refractivity contribution is 0.476. The molecule has 2 aromatic rings. The van der Waals surface area contributed by atoms with Gasteiger partial charge in [0.05, 0.1) is 5.70 Å². The van der Waals surface area contributed by atoms with Crippen molar-refractivity contribution in [1.29, 1.82) is 0 Å². The number of nitrogens with one attached hydrogen (secondary N) is 3. The monoisotopic (exact) mass is 442 g/mol. The Labute approximate surface area is 198 Å². The summed E-state index contributed by atoms with van der Waals surface area (Å²) >= 11 is 0. The molecule has 0 radical (unpaired) electrons. The lowest BCUT2D eigenvalue weighted by Gasteiger charge is -2.21. The van der Waals surface area contributed by atoms with Crippen LogP contribution in [0.1, 0.15) is 92.5 Å². The molecule has 0 aromatic carbocycles. The molecule has 33 heavy (non-hydrogen) atoms. The third-order valence-corrected chi connectivity index (χ3v) is 8.26. The molecule has 0 saturated carbocycles. The number of rotatable bonds is 0. The molecule has 0 atom stereocenters. The number of aromatic nitrogens is 2. The van der Waals surface area contributed by atoms with Crippen LogP contribution in [0, 0.1) is 38.5 Å². The van der Waals surface area contributed by atoms with Crippen LogP contribution >= 0.6 is 0 Å². The van der Waals surface area contributed by atoms with Gasteiger partial charge in [-0.05, 0) is 81.0 Å². The molecule has 0 unspecified atom stereocenters. The van der Waals surface area contributed by atoms with Crippen molar-refractivity contribution >= 4 is 17.4 Å². The van der Waals surface area contributed by atoms with E-state index >= 15 is 0 Å². The number of nitrogens with zero attached hydrogens (tertiary/aromatic N) is 1. The van der Waals surface area contributed by atoms with E-state index in [2.05, 4.69) is 89.8 Å². The van der Waals surface area contributed by atoms with E-state index in [-0.39, 0.29) is 10.8 Å². The lowest BCUT2D eigenvalue weighted by atomic mass is 9.83. The number of aromatic amines is 2. The fourth-order valence-corrected chi connectivity index (χ4v) is 5.86. The van der Waals surface area contributed by atoms with Gasteiger partial charge in [0.25, 0.3) is 0 Å². The predicted molar refractivity (Wildman–Crippen MR) is 139 cm³/mol. The minimum Gasteiger partial charge on any atom is -0.362 e. The van der Waals surface area contributed by atoms with E-state index in [0.29, 0.717) is 0 Å². The highest BCUT2D eigenvalue weighted by atomic mass is 15.0. The Hall–Kier alpha value is -2.75. The van der Waals surface area contributed by atoms with Crippen molar-refractivity contribution in [1.82, 2.24) is 15.3 Å². The molecule has 1 fully saturated rings. The maximum absolute atomic E-state index is 5.21. The summed E-state index contributed by atoms with van der Waals surface area (Å²) in [6, 6.07) is 0. The molecule has 0 aliphatic carbocycles. The maximum atomic E-state index is 5.21. The average Bonchev–Trinajstić information content (AvgIpc) is 3.36. The van der Waals surface area contributed by atoms with Crippen LogP contribution in [0.3, 0.4) is 0 Å². The molecule has 5 rings (SSSR count). The maximum Gasteiger partial charge on any atom is 0.0516 e. The average molecular weight is 443 g/mol. The molecule has 3 aliphatic heterocycles. The first-order valence-electron chi connectivity index (χ1n) is 12.2. The van der Waals surface area contributed by atoms with Gasteiger partial charge in [-0.1, -0.05) is 27.7 Å². The second kappa shape index (κ2) is 7.12. The smallest absolute Gasteiger partial charge is 0.0516 e. The number of H-pyrrole nitrogens is 2. The van der Waals surface area contributed by atoms with Gasteiger partial charge in [0.15, 0.2) is 0 Å². The molecule has 1 saturated heterocycles. The highest BCUT2D eigenvalue weighted by molar-refractivity contribution is 6.00. The molecule has 5 heterocycles. The molecule has 174 valence electrons. The zero-order valence-corrected chi connectivity index (χ0v) is 21.7. The molecule has 3 aliphatic rings. The van der Waals surface area contributed by atoms with Crippen molar-refractivity contribution in [2.24, 2.45) is 15.8 Å².